The van der Waals surface area contributed by atoms with E-state index in [1.54, 1.807) is 23.1 Å². The average molecular weight is 903 g/mol. The number of likely N-dealkylation sites (tertiary alicyclic amines) is 1. The number of carbonyl (C=O) groups is 5. The minimum absolute atomic E-state index is 0.00242. The largest absolute Gasteiger partial charge is 0.444 e. The molecular weight excluding hydrogens is 829 g/mol. The highest BCUT2D eigenvalue weighted by Gasteiger charge is 2.46. The summed E-state index contributed by atoms with van der Waals surface area (Å²) in [6.07, 6.45) is 7.41. The molecule has 1 aliphatic heterocycles. The maximum atomic E-state index is 14.5. The summed E-state index contributed by atoms with van der Waals surface area (Å²) in [6.45, 7) is 18.2. The molecule has 2 heterocycles. The van der Waals surface area contributed by atoms with Gasteiger partial charge in [-0.25, -0.2) is 14.6 Å². The number of β-amino-alcohol motifs (C(OH)–C–C–N with tert-alkyl or cyclic N) is 1. The number of aliphatic hydroxyl groups excluding tert-OH is 1. The van der Waals surface area contributed by atoms with Crippen molar-refractivity contribution in [3.05, 3.63) is 41.0 Å². The van der Waals surface area contributed by atoms with Crippen molar-refractivity contribution in [3.8, 4) is 10.4 Å². The zero-order chi connectivity index (χ0) is 45.9. The number of hydrogen-bond acceptors (Lipinski definition) is 11. The SMILES string of the molecule is Cc1ncsc1-c1ccc(CNC(=O)[C@@H]2C[C@@H](O)CN2C(=O)[C@@H](NC(=O)CCCCCCCCNC(=O)OC(C)(C)C)C(C)(C)SCCCCCCNC(=O)OC(C)(C)C)cc1. The Kier molecular flexibility index (Phi) is 21.5. The second-order valence-corrected chi connectivity index (χ2v) is 21.3. The quantitative estimate of drug-likeness (QED) is 0.0646. The number of aryl methyl sites for hydroxylation is 1. The van der Waals surface area contributed by atoms with Gasteiger partial charge < -0.3 is 40.7 Å². The molecule has 0 spiro atoms. The van der Waals surface area contributed by atoms with Gasteiger partial charge >= 0.3 is 12.2 Å². The summed E-state index contributed by atoms with van der Waals surface area (Å²) in [7, 11) is 0. The Hall–Kier alpha value is -3.89. The Labute approximate surface area is 378 Å². The lowest BCUT2D eigenvalue weighted by molar-refractivity contribution is -0.142. The first-order valence-electron chi connectivity index (χ1n) is 22.3. The lowest BCUT2D eigenvalue weighted by Crippen LogP contribution is -2.59. The lowest BCUT2D eigenvalue weighted by atomic mass is 10.00. The highest BCUT2D eigenvalue weighted by molar-refractivity contribution is 8.00. The fourth-order valence-electron chi connectivity index (χ4n) is 7.02. The molecule has 5 amide bonds. The third-order valence-electron chi connectivity index (χ3n) is 10.3. The minimum Gasteiger partial charge on any atom is -0.444 e. The van der Waals surface area contributed by atoms with Gasteiger partial charge in [0.05, 0.1) is 22.2 Å². The number of nitrogens with zero attached hydrogens (tertiary/aromatic N) is 2. The molecule has 1 aromatic heterocycles. The number of carbonyl (C=O) groups excluding carboxylic acids is 5. The van der Waals surface area contributed by atoms with E-state index in [0.717, 1.165) is 85.2 Å². The molecule has 0 saturated carbocycles. The van der Waals surface area contributed by atoms with E-state index in [2.05, 4.69) is 26.3 Å². The van der Waals surface area contributed by atoms with Gasteiger partial charge in [-0.05, 0) is 105 Å². The van der Waals surface area contributed by atoms with E-state index in [1.807, 2.05) is 92.1 Å². The number of rotatable bonds is 24. The van der Waals surface area contributed by atoms with Crippen LogP contribution in [0.4, 0.5) is 9.59 Å². The normalized spacial score (nSPS) is 16.1. The first-order chi connectivity index (χ1) is 29.1. The second-order valence-electron chi connectivity index (χ2n) is 18.7. The fourth-order valence-corrected chi connectivity index (χ4v) is 9.04. The van der Waals surface area contributed by atoms with Crippen LogP contribution in [0.2, 0.25) is 0 Å². The summed E-state index contributed by atoms with van der Waals surface area (Å²) < 4.78 is 9.84. The standard InChI is InChI=1S/C46H74N6O8S2/c1-32-38(61-31-50-32)34-23-21-33(22-24-34)29-49-40(55)36-28-35(53)30-52(36)41(56)39(46(8,9)62-27-19-15-14-18-26-48-43(58)60-45(5,6)7)51-37(54)20-16-12-10-11-13-17-25-47-42(57)59-44(2,3)4/h21-24,31,35-36,39,53H,10-20,25-30H2,1-9H3,(H,47,57)(H,48,58)(H,49,55)(H,51,54)/t35-,36+,39-/m1/s1. The van der Waals surface area contributed by atoms with Crippen LogP contribution >= 0.6 is 23.1 Å². The molecule has 348 valence electrons. The molecule has 1 fully saturated rings. The molecule has 3 rings (SSSR count). The van der Waals surface area contributed by atoms with Crippen molar-refractivity contribution >= 4 is 53.0 Å². The van der Waals surface area contributed by atoms with Crippen LogP contribution < -0.4 is 21.3 Å². The second kappa shape index (κ2) is 25.4. The number of unbranched alkanes of at least 4 members (excludes halogenated alkanes) is 8. The van der Waals surface area contributed by atoms with E-state index in [9.17, 15) is 29.1 Å². The zero-order valence-electron chi connectivity index (χ0n) is 38.7. The van der Waals surface area contributed by atoms with Gasteiger partial charge in [0.25, 0.3) is 0 Å². The molecule has 1 saturated heterocycles. The molecule has 2 aromatic rings. The van der Waals surface area contributed by atoms with E-state index < -0.39 is 46.3 Å². The predicted octanol–water partition coefficient (Wildman–Crippen LogP) is 8.03. The van der Waals surface area contributed by atoms with E-state index in [4.69, 9.17) is 9.47 Å². The van der Waals surface area contributed by atoms with Crippen molar-refractivity contribution in [1.29, 1.82) is 0 Å². The van der Waals surface area contributed by atoms with Gasteiger partial charge in [-0.1, -0.05) is 62.8 Å². The van der Waals surface area contributed by atoms with Gasteiger partial charge in [0.15, 0.2) is 0 Å². The van der Waals surface area contributed by atoms with Crippen molar-refractivity contribution in [1.82, 2.24) is 31.2 Å². The Morgan fingerprint density at radius 3 is 1.90 bits per heavy atom. The van der Waals surface area contributed by atoms with Crippen molar-refractivity contribution < 1.29 is 38.6 Å². The van der Waals surface area contributed by atoms with Gasteiger partial charge in [-0.15, -0.1) is 11.3 Å². The fraction of sp³-hybridized carbons (Fsp3) is 0.696. The number of hydrogen-bond donors (Lipinski definition) is 5. The van der Waals surface area contributed by atoms with Crippen LogP contribution in [0.5, 0.6) is 0 Å². The summed E-state index contributed by atoms with van der Waals surface area (Å²) in [5, 5.41) is 22.4. The van der Waals surface area contributed by atoms with Crippen molar-refractivity contribution in [2.24, 2.45) is 0 Å². The number of aromatic nitrogens is 1. The van der Waals surface area contributed by atoms with Crippen LogP contribution in [0, 0.1) is 6.92 Å². The van der Waals surface area contributed by atoms with E-state index >= 15 is 0 Å². The summed E-state index contributed by atoms with van der Waals surface area (Å²) in [5.41, 5.74) is 3.66. The monoisotopic (exact) mass is 903 g/mol. The van der Waals surface area contributed by atoms with Crippen LogP contribution in [-0.4, -0.2) is 104 Å². The highest BCUT2D eigenvalue weighted by atomic mass is 32.2. The molecule has 0 bridgehead atoms. The highest BCUT2D eigenvalue weighted by Crippen LogP contribution is 2.33. The third-order valence-corrected chi connectivity index (χ3v) is 12.7. The smallest absolute Gasteiger partial charge is 0.407 e. The average Bonchev–Trinajstić information content (AvgIpc) is 3.79. The first-order valence-corrected chi connectivity index (χ1v) is 24.1. The van der Waals surface area contributed by atoms with Gasteiger partial charge in [0, 0.05) is 43.8 Å². The van der Waals surface area contributed by atoms with Crippen LogP contribution in [-0.2, 0) is 30.4 Å². The number of thioether (sulfide) groups is 1. The maximum absolute atomic E-state index is 14.5. The Morgan fingerprint density at radius 1 is 0.806 bits per heavy atom. The number of thiazole rings is 1. The number of benzene rings is 1. The first kappa shape index (κ1) is 52.5. The summed E-state index contributed by atoms with van der Waals surface area (Å²) in [4.78, 5) is 72.4. The van der Waals surface area contributed by atoms with Crippen molar-refractivity contribution in [2.45, 2.75) is 180 Å². The van der Waals surface area contributed by atoms with E-state index in [1.165, 1.54) is 4.90 Å². The minimum atomic E-state index is -0.932. The summed E-state index contributed by atoms with van der Waals surface area (Å²) in [5.74, 6) is -0.221. The molecule has 5 N–H and O–H groups in total. The van der Waals surface area contributed by atoms with Crippen molar-refractivity contribution in [3.63, 3.8) is 0 Å². The van der Waals surface area contributed by atoms with Gasteiger partial charge in [0.2, 0.25) is 17.7 Å². The molecule has 3 atom stereocenters. The maximum Gasteiger partial charge on any atom is 0.407 e. The molecule has 62 heavy (non-hydrogen) atoms. The van der Waals surface area contributed by atoms with Gasteiger partial charge in [-0.2, -0.15) is 11.8 Å². The van der Waals surface area contributed by atoms with Crippen LogP contribution in [0.3, 0.4) is 0 Å². The Balaban J connectivity index is 1.56. The summed E-state index contributed by atoms with van der Waals surface area (Å²) >= 11 is 3.18. The lowest BCUT2D eigenvalue weighted by Gasteiger charge is -2.37. The number of nitrogens with one attached hydrogen (secondary N) is 4. The van der Waals surface area contributed by atoms with E-state index in [-0.39, 0.29) is 43.7 Å². The molecule has 1 aromatic carbocycles. The van der Waals surface area contributed by atoms with Crippen LogP contribution in [0.15, 0.2) is 29.8 Å². The molecule has 0 radical (unpaired) electrons. The molecular formula is C46H74N6O8S2. The molecule has 1 aliphatic rings. The Bertz CT molecular complexity index is 1720. The van der Waals surface area contributed by atoms with Crippen molar-refractivity contribution in [2.75, 3.05) is 25.4 Å². The number of ether oxygens (including phenoxy) is 2. The van der Waals surface area contributed by atoms with Crippen LogP contribution in [0.1, 0.15) is 144 Å². The molecule has 0 unspecified atom stereocenters. The number of amides is 5. The molecule has 0 aliphatic carbocycles. The van der Waals surface area contributed by atoms with Crippen LogP contribution in [0.25, 0.3) is 10.4 Å². The number of alkyl carbamates (subject to hydrolysis) is 2. The Morgan fingerprint density at radius 2 is 1.35 bits per heavy atom. The van der Waals surface area contributed by atoms with Gasteiger partial charge in [0.1, 0.15) is 23.3 Å². The van der Waals surface area contributed by atoms with Gasteiger partial charge in [-0.3, -0.25) is 14.4 Å². The predicted molar refractivity (Wildman–Crippen MR) is 248 cm³/mol. The molecule has 16 heteroatoms. The zero-order valence-corrected chi connectivity index (χ0v) is 40.3. The van der Waals surface area contributed by atoms with E-state index in [0.29, 0.717) is 19.5 Å². The topological polar surface area (TPSA) is 188 Å². The summed E-state index contributed by atoms with van der Waals surface area (Å²) in [6, 6.07) is 6.11. The third kappa shape index (κ3) is 19.7. The number of aliphatic hydroxyl groups is 1. The molecule has 14 nitrogen and oxygen atoms in total.